The Morgan fingerprint density at radius 1 is 1.04 bits per heavy atom. The highest BCUT2D eigenvalue weighted by Gasteiger charge is 2.31. The predicted octanol–water partition coefficient (Wildman–Crippen LogP) is 4.83. The van der Waals surface area contributed by atoms with Gasteiger partial charge in [-0.25, -0.2) is 4.98 Å². The number of imidazole rings is 1. The third-order valence-electron chi connectivity index (χ3n) is 4.80. The first-order valence-electron chi connectivity index (χ1n) is 8.80. The first-order valence-corrected chi connectivity index (χ1v) is 9.18. The average molecular weight is 352 g/mol. The second kappa shape index (κ2) is 7.42. The minimum absolute atomic E-state index is 0.419. The molecule has 4 rings (SSSR count). The van der Waals surface area contributed by atoms with Crippen LogP contribution in [0.2, 0.25) is 5.02 Å². The summed E-state index contributed by atoms with van der Waals surface area (Å²) in [6.07, 6.45) is 8.27. The molecule has 0 radical (unpaired) electrons. The lowest BCUT2D eigenvalue weighted by Gasteiger charge is -2.19. The third-order valence-corrected chi connectivity index (χ3v) is 5.05. The standard InChI is InChI=1S/C21H22ClN3/c22-20-9-7-19(8-10-20)21(18-5-6-18)24-13-16-1-3-17(4-2-16)14-25-12-11-23-15-25/h1-4,7-12,15,18,21,24H,5-6,13-14H2. The molecule has 2 aromatic carbocycles. The highest BCUT2D eigenvalue weighted by Crippen LogP contribution is 2.41. The van der Waals surface area contributed by atoms with Crippen molar-refractivity contribution in [2.45, 2.75) is 32.0 Å². The Bertz CT molecular complexity index is 790. The van der Waals surface area contributed by atoms with Gasteiger partial charge in [0.1, 0.15) is 0 Å². The number of aromatic nitrogens is 2. The summed E-state index contributed by atoms with van der Waals surface area (Å²) in [7, 11) is 0. The van der Waals surface area contributed by atoms with E-state index in [1.165, 1.54) is 29.5 Å². The zero-order valence-electron chi connectivity index (χ0n) is 14.1. The Hall–Kier alpha value is -2.10. The molecule has 128 valence electrons. The van der Waals surface area contributed by atoms with E-state index < -0.39 is 0 Å². The van der Waals surface area contributed by atoms with Crippen molar-refractivity contribution >= 4 is 11.6 Å². The fraction of sp³-hybridized carbons (Fsp3) is 0.286. The molecule has 1 aliphatic rings. The molecule has 1 unspecified atom stereocenters. The van der Waals surface area contributed by atoms with Gasteiger partial charge in [0.2, 0.25) is 0 Å². The molecule has 1 aliphatic carbocycles. The summed E-state index contributed by atoms with van der Waals surface area (Å²) in [4.78, 5) is 4.09. The second-order valence-corrected chi connectivity index (χ2v) is 7.24. The summed E-state index contributed by atoms with van der Waals surface area (Å²) >= 11 is 6.02. The van der Waals surface area contributed by atoms with Crippen molar-refractivity contribution < 1.29 is 0 Å². The van der Waals surface area contributed by atoms with Gasteiger partial charge >= 0.3 is 0 Å². The highest BCUT2D eigenvalue weighted by molar-refractivity contribution is 6.30. The van der Waals surface area contributed by atoms with E-state index in [1.807, 2.05) is 30.9 Å². The van der Waals surface area contributed by atoms with Gasteiger partial charge in [-0.2, -0.15) is 0 Å². The Balaban J connectivity index is 1.38. The normalized spacial score (nSPS) is 15.2. The van der Waals surface area contributed by atoms with Gasteiger partial charge in [0.15, 0.2) is 0 Å². The van der Waals surface area contributed by atoms with Crippen molar-refractivity contribution in [1.82, 2.24) is 14.9 Å². The molecule has 0 bridgehead atoms. The fourth-order valence-electron chi connectivity index (χ4n) is 3.24. The molecule has 0 amide bonds. The maximum atomic E-state index is 6.02. The molecule has 0 aliphatic heterocycles. The molecule has 1 heterocycles. The molecule has 1 fully saturated rings. The van der Waals surface area contributed by atoms with E-state index in [0.717, 1.165) is 24.0 Å². The van der Waals surface area contributed by atoms with Gasteiger partial charge in [0, 0.05) is 36.5 Å². The molecule has 25 heavy (non-hydrogen) atoms. The first-order chi connectivity index (χ1) is 12.3. The number of rotatable bonds is 7. The van der Waals surface area contributed by atoms with Crippen LogP contribution >= 0.6 is 11.6 Å². The molecule has 4 heteroatoms. The summed E-state index contributed by atoms with van der Waals surface area (Å²) < 4.78 is 2.08. The van der Waals surface area contributed by atoms with Crippen LogP contribution in [0.5, 0.6) is 0 Å². The summed E-state index contributed by atoms with van der Waals surface area (Å²) in [5.41, 5.74) is 3.94. The largest absolute Gasteiger partial charge is 0.333 e. The zero-order chi connectivity index (χ0) is 17.1. The van der Waals surface area contributed by atoms with Crippen LogP contribution in [0.4, 0.5) is 0 Å². The van der Waals surface area contributed by atoms with Gasteiger partial charge in [0.25, 0.3) is 0 Å². The molecule has 1 atom stereocenters. The molecule has 0 spiro atoms. The highest BCUT2D eigenvalue weighted by atomic mass is 35.5. The minimum Gasteiger partial charge on any atom is -0.333 e. The second-order valence-electron chi connectivity index (χ2n) is 6.80. The summed E-state index contributed by atoms with van der Waals surface area (Å²) in [6, 6.07) is 17.5. The third kappa shape index (κ3) is 4.30. The number of benzene rings is 2. The lowest BCUT2D eigenvalue weighted by Crippen LogP contribution is -2.22. The smallest absolute Gasteiger partial charge is 0.0949 e. The molecular weight excluding hydrogens is 330 g/mol. The average Bonchev–Trinajstić information content (AvgIpc) is 3.34. The molecule has 1 N–H and O–H groups in total. The van der Waals surface area contributed by atoms with E-state index in [2.05, 4.69) is 51.3 Å². The Kier molecular flexibility index (Phi) is 4.86. The van der Waals surface area contributed by atoms with Crippen LogP contribution in [0.25, 0.3) is 0 Å². The van der Waals surface area contributed by atoms with Crippen LogP contribution in [-0.2, 0) is 13.1 Å². The molecule has 1 saturated carbocycles. The summed E-state index contributed by atoms with van der Waals surface area (Å²) in [5.74, 6) is 0.752. The number of hydrogen-bond acceptors (Lipinski definition) is 2. The van der Waals surface area contributed by atoms with Crippen molar-refractivity contribution in [2.75, 3.05) is 0 Å². The van der Waals surface area contributed by atoms with Crippen molar-refractivity contribution in [3.05, 3.63) is 89.0 Å². The predicted molar refractivity (Wildman–Crippen MR) is 102 cm³/mol. The van der Waals surface area contributed by atoms with Crippen LogP contribution < -0.4 is 5.32 Å². The lowest BCUT2D eigenvalue weighted by molar-refractivity contribution is 0.480. The SMILES string of the molecule is Clc1ccc(C(NCc2ccc(Cn3ccnc3)cc2)C2CC2)cc1. The van der Waals surface area contributed by atoms with Gasteiger partial charge in [-0.3, -0.25) is 0 Å². The number of hydrogen-bond donors (Lipinski definition) is 1. The van der Waals surface area contributed by atoms with Crippen LogP contribution in [0.3, 0.4) is 0 Å². The molecule has 3 nitrogen and oxygen atoms in total. The van der Waals surface area contributed by atoms with Gasteiger partial charge < -0.3 is 9.88 Å². The van der Waals surface area contributed by atoms with Gasteiger partial charge in [0.05, 0.1) is 6.33 Å². The first kappa shape index (κ1) is 16.4. The van der Waals surface area contributed by atoms with E-state index in [-0.39, 0.29) is 0 Å². The van der Waals surface area contributed by atoms with Gasteiger partial charge in [-0.05, 0) is 47.6 Å². The van der Waals surface area contributed by atoms with Crippen LogP contribution in [0.1, 0.15) is 35.6 Å². The minimum atomic E-state index is 0.419. The van der Waals surface area contributed by atoms with Crippen molar-refractivity contribution in [1.29, 1.82) is 0 Å². The Morgan fingerprint density at radius 3 is 2.40 bits per heavy atom. The summed E-state index contributed by atoms with van der Waals surface area (Å²) in [5, 5.41) is 4.54. The van der Waals surface area contributed by atoms with Crippen molar-refractivity contribution in [3.63, 3.8) is 0 Å². The molecule has 3 aromatic rings. The maximum Gasteiger partial charge on any atom is 0.0949 e. The molecule has 1 aromatic heterocycles. The molecular formula is C21H22ClN3. The Morgan fingerprint density at radius 2 is 1.76 bits per heavy atom. The van der Waals surface area contributed by atoms with Gasteiger partial charge in [-0.1, -0.05) is 48.0 Å². The topological polar surface area (TPSA) is 29.9 Å². The van der Waals surface area contributed by atoms with Crippen LogP contribution in [-0.4, -0.2) is 9.55 Å². The van der Waals surface area contributed by atoms with E-state index in [0.29, 0.717) is 6.04 Å². The van der Waals surface area contributed by atoms with Crippen molar-refractivity contribution in [2.24, 2.45) is 5.92 Å². The van der Waals surface area contributed by atoms with Crippen LogP contribution in [0.15, 0.2) is 67.3 Å². The van der Waals surface area contributed by atoms with E-state index >= 15 is 0 Å². The molecule has 0 saturated heterocycles. The Labute approximate surface area is 153 Å². The van der Waals surface area contributed by atoms with Crippen LogP contribution in [0, 0.1) is 5.92 Å². The van der Waals surface area contributed by atoms with E-state index in [9.17, 15) is 0 Å². The number of nitrogens with zero attached hydrogens (tertiary/aromatic N) is 2. The lowest BCUT2D eigenvalue weighted by atomic mass is 10.0. The quantitative estimate of drug-likeness (QED) is 0.661. The van der Waals surface area contributed by atoms with Gasteiger partial charge in [-0.15, -0.1) is 0 Å². The zero-order valence-corrected chi connectivity index (χ0v) is 14.9. The number of halogens is 1. The summed E-state index contributed by atoms with van der Waals surface area (Å²) in [6.45, 7) is 1.75. The maximum absolute atomic E-state index is 6.02. The van der Waals surface area contributed by atoms with E-state index in [1.54, 1.807) is 0 Å². The van der Waals surface area contributed by atoms with E-state index in [4.69, 9.17) is 11.6 Å². The fourth-order valence-corrected chi connectivity index (χ4v) is 3.36. The monoisotopic (exact) mass is 351 g/mol. The number of nitrogens with one attached hydrogen (secondary N) is 1. The van der Waals surface area contributed by atoms with Crippen molar-refractivity contribution in [3.8, 4) is 0 Å².